The third-order valence-corrected chi connectivity index (χ3v) is 4.29. The Kier molecular flexibility index (Phi) is 11.1. The molecule has 1 aliphatic rings. The molecule has 0 aromatic carbocycles. The van der Waals surface area contributed by atoms with Crippen LogP contribution in [0.25, 0.3) is 0 Å². The Morgan fingerprint density at radius 2 is 1.57 bits per heavy atom. The Labute approximate surface area is 130 Å². The Morgan fingerprint density at radius 3 is 2.19 bits per heavy atom. The smallest absolute Gasteiger partial charge is 0.0701 e. The summed E-state index contributed by atoms with van der Waals surface area (Å²) in [6, 6.07) is 0.573. The van der Waals surface area contributed by atoms with Crippen LogP contribution in [0, 0.1) is 11.8 Å². The highest BCUT2D eigenvalue weighted by molar-refractivity contribution is 4.77. The molecule has 0 bridgehead atoms. The molecular formula is C17H35NO3. The fraction of sp³-hybridized carbons (Fsp3) is 1.00. The van der Waals surface area contributed by atoms with Crippen molar-refractivity contribution < 1.29 is 14.2 Å². The van der Waals surface area contributed by atoms with Crippen LogP contribution in [0.4, 0.5) is 0 Å². The number of ether oxygens (including phenoxy) is 3. The van der Waals surface area contributed by atoms with Gasteiger partial charge in [-0.05, 0) is 24.8 Å². The molecule has 0 amide bonds. The van der Waals surface area contributed by atoms with Crippen molar-refractivity contribution in [3.05, 3.63) is 0 Å². The first-order valence-electron chi connectivity index (χ1n) is 8.61. The molecule has 0 aliphatic heterocycles. The van der Waals surface area contributed by atoms with Gasteiger partial charge in [-0.2, -0.15) is 0 Å². The SMILES string of the molecule is COCCOCCOCCC(CNC(C)C)C1CCCC1. The summed E-state index contributed by atoms with van der Waals surface area (Å²) in [6.07, 6.45) is 6.81. The first kappa shape index (κ1) is 18.9. The Morgan fingerprint density at radius 1 is 0.952 bits per heavy atom. The minimum Gasteiger partial charge on any atom is -0.382 e. The molecule has 126 valence electrons. The molecule has 1 aliphatic carbocycles. The van der Waals surface area contributed by atoms with Crippen molar-refractivity contribution in [1.82, 2.24) is 5.32 Å². The molecule has 0 aromatic heterocycles. The van der Waals surface area contributed by atoms with E-state index < -0.39 is 0 Å². The van der Waals surface area contributed by atoms with Gasteiger partial charge in [0.25, 0.3) is 0 Å². The topological polar surface area (TPSA) is 39.7 Å². The maximum absolute atomic E-state index is 5.72. The summed E-state index contributed by atoms with van der Waals surface area (Å²) in [5, 5.41) is 3.60. The molecule has 1 atom stereocenters. The maximum Gasteiger partial charge on any atom is 0.0701 e. The van der Waals surface area contributed by atoms with Gasteiger partial charge in [0.2, 0.25) is 0 Å². The van der Waals surface area contributed by atoms with Crippen LogP contribution in [-0.4, -0.2) is 52.7 Å². The molecule has 0 spiro atoms. The molecule has 4 nitrogen and oxygen atoms in total. The molecule has 0 saturated heterocycles. The summed E-state index contributed by atoms with van der Waals surface area (Å²) in [5.41, 5.74) is 0. The van der Waals surface area contributed by atoms with E-state index in [0.29, 0.717) is 32.5 Å². The summed E-state index contributed by atoms with van der Waals surface area (Å²) in [7, 11) is 1.69. The van der Waals surface area contributed by atoms with Crippen LogP contribution in [0.3, 0.4) is 0 Å². The zero-order chi connectivity index (χ0) is 15.3. The van der Waals surface area contributed by atoms with E-state index in [0.717, 1.165) is 25.0 Å². The number of hydrogen-bond donors (Lipinski definition) is 1. The molecule has 1 N–H and O–H groups in total. The normalized spacial score (nSPS) is 17.7. The van der Waals surface area contributed by atoms with E-state index in [9.17, 15) is 0 Å². The Hall–Kier alpha value is -0.160. The average Bonchev–Trinajstić information content (AvgIpc) is 2.98. The largest absolute Gasteiger partial charge is 0.382 e. The van der Waals surface area contributed by atoms with E-state index in [1.165, 1.54) is 32.1 Å². The van der Waals surface area contributed by atoms with Crippen LogP contribution in [0.2, 0.25) is 0 Å². The van der Waals surface area contributed by atoms with Gasteiger partial charge in [0.1, 0.15) is 0 Å². The van der Waals surface area contributed by atoms with Crippen molar-refractivity contribution >= 4 is 0 Å². The van der Waals surface area contributed by atoms with Gasteiger partial charge in [-0.1, -0.05) is 39.5 Å². The molecule has 1 fully saturated rings. The van der Waals surface area contributed by atoms with Crippen molar-refractivity contribution in [2.45, 2.75) is 52.0 Å². The predicted octanol–water partition coefficient (Wildman–Crippen LogP) is 2.86. The van der Waals surface area contributed by atoms with Gasteiger partial charge < -0.3 is 19.5 Å². The molecule has 1 unspecified atom stereocenters. The van der Waals surface area contributed by atoms with Crippen molar-refractivity contribution in [2.24, 2.45) is 11.8 Å². The molecule has 1 saturated carbocycles. The van der Waals surface area contributed by atoms with E-state index in [4.69, 9.17) is 14.2 Å². The third-order valence-electron chi connectivity index (χ3n) is 4.29. The third kappa shape index (κ3) is 9.46. The van der Waals surface area contributed by atoms with Crippen molar-refractivity contribution in [2.75, 3.05) is 46.7 Å². The number of rotatable bonds is 13. The van der Waals surface area contributed by atoms with Gasteiger partial charge in [0.15, 0.2) is 0 Å². The highest BCUT2D eigenvalue weighted by Gasteiger charge is 2.24. The number of methoxy groups -OCH3 is 1. The van der Waals surface area contributed by atoms with Crippen LogP contribution >= 0.6 is 0 Å². The molecular weight excluding hydrogens is 266 g/mol. The maximum atomic E-state index is 5.72. The van der Waals surface area contributed by atoms with E-state index in [1.807, 2.05) is 0 Å². The van der Waals surface area contributed by atoms with E-state index in [2.05, 4.69) is 19.2 Å². The zero-order valence-electron chi connectivity index (χ0n) is 14.2. The second-order valence-electron chi connectivity index (χ2n) is 6.37. The highest BCUT2D eigenvalue weighted by Crippen LogP contribution is 2.32. The molecule has 0 radical (unpaired) electrons. The van der Waals surface area contributed by atoms with Gasteiger partial charge in [0, 0.05) is 19.8 Å². The minimum atomic E-state index is 0.573. The molecule has 4 heteroatoms. The molecule has 1 rings (SSSR count). The van der Waals surface area contributed by atoms with E-state index in [-0.39, 0.29) is 0 Å². The van der Waals surface area contributed by atoms with Crippen LogP contribution in [0.5, 0.6) is 0 Å². The summed E-state index contributed by atoms with van der Waals surface area (Å²) < 4.78 is 16.0. The van der Waals surface area contributed by atoms with Crippen LogP contribution in [0.1, 0.15) is 46.0 Å². The van der Waals surface area contributed by atoms with Gasteiger partial charge >= 0.3 is 0 Å². The lowest BCUT2D eigenvalue weighted by Gasteiger charge is -2.25. The van der Waals surface area contributed by atoms with E-state index >= 15 is 0 Å². The van der Waals surface area contributed by atoms with Crippen LogP contribution in [-0.2, 0) is 14.2 Å². The first-order valence-corrected chi connectivity index (χ1v) is 8.61. The monoisotopic (exact) mass is 301 g/mol. The Balaban J connectivity index is 2.08. The second-order valence-corrected chi connectivity index (χ2v) is 6.37. The van der Waals surface area contributed by atoms with Gasteiger partial charge in [-0.25, -0.2) is 0 Å². The van der Waals surface area contributed by atoms with Gasteiger partial charge in [-0.3, -0.25) is 0 Å². The van der Waals surface area contributed by atoms with Crippen molar-refractivity contribution in [3.8, 4) is 0 Å². The van der Waals surface area contributed by atoms with Crippen LogP contribution in [0.15, 0.2) is 0 Å². The molecule has 0 aromatic rings. The van der Waals surface area contributed by atoms with Crippen molar-refractivity contribution in [3.63, 3.8) is 0 Å². The summed E-state index contributed by atoms with van der Waals surface area (Å²) in [5.74, 6) is 1.67. The van der Waals surface area contributed by atoms with Gasteiger partial charge in [-0.15, -0.1) is 0 Å². The highest BCUT2D eigenvalue weighted by atomic mass is 16.5. The fourth-order valence-corrected chi connectivity index (χ4v) is 3.02. The zero-order valence-corrected chi connectivity index (χ0v) is 14.2. The second kappa shape index (κ2) is 12.4. The number of nitrogens with one attached hydrogen (secondary N) is 1. The summed E-state index contributed by atoms with van der Waals surface area (Å²) >= 11 is 0. The van der Waals surface area contributed by atoms with Crippen molar-refractivity contribution in [1.29, 1.82) is 0 Å². The van der Waals surface area contributed by atoms with Crippen LogP contribution < -0.4 is 5.32 Å². The first-order chi connectivity index (χ1) is 10.2. The molecule has 0 heterocycles. The standard InChI is InChI=1S/C17H35NO3/c1-15(2)18-14-17(16-6-4-5-7-16)8-9-20-12-13-21-11-10-19-3/h15-18H,4-14H2,1-3H3. The summed E-state index contributed by atoms with van der Waals surface area (Å²) in [4.78, 5) is 0. The Bertz CT molecular complexity index is 230. The lowest BCUT2D eigenvalue weighted by Crippen LogP contribution is -2.32. The number of hydrogen-bond acceptors (Lipinski definition) is 4. The predicted molar refractivity (Wildman–Crippen MR) is 86.7 cm³/mol. The average molecular weight is 301 g/mol. The lowest BCUT2D eigenvalue weighted by atomic mass is 9.88. The van der Waals surface area contributed by atoms with E-state index in [1.54, 1.807) is 7.11 Å². The van der Waals surface area contributed by atoms with Gasteiger partial charge in [0.05, 0.1) is 26.4 Å². The summed E-state index contributed by atoms with van der Waals surface area (Å²) in [6.45, 7) is 9.11. The lowest BCUT2D eigenvalue weighted by molar-refractivity contribution is 0.0202. The molecule has 21 heavy (non-hydrogen) atoms. The minimum absolute atomic E-state index is 0.573. The fourth-order valence-electron chi connectivity index (χ4n) is 3.02. The quantitative estimate of drug-likeness (QED) is 0.531.